The van der Waals surface area contributed by atoms with E-state index in [4.69, 9.17) is 28.4 Å². The number of anilines is 1. The average molecular weight is 449 g/mol. The highest BCUT2D eigenvalue weighted by Crippen LogP contribution is 2.48. The van der Waals surface area contributed by atoms with Gasteiger partial charge in [0.2, 0.25) is 18.6 Å². The average Bonchev–Trinajstić information content (AvgIpc) is 3.33. The lowest BCUT2D eigenvalue weighted by molar-refractivity contribution is -0.135. The Morgan fingerprint density at radius 1 is 0.848 bits per heavy atom. The largest absolute Gasteiger partial charge is 0.493 e. The van der Waals surface area contributed by atoms with E-state index in [1.54, 1.807) is 17.0 Å². The molecule has 2 heterocycles. The maximum absolute atomic E-state index is 13.4. The number of nitrogens with zero attached hydrogens (tertiary/aromatic N) is 1. The molecule has 0 spiro atoms. The fourth-order valence-electron chi connectivity index (χ4n) is 4.14. The summed E-state index contributed by atoms with van der Waals surface area (Å²) in [6, 6.07) is 18.0. The number of methoxy groups -OCH3 is 3. The summed E-state index contributed by atoms with van der Waals surface area (Å²) in [5.41, 5.74) is 1.46. The van der Waals surface area contributed by atoms with Crippen molar-refractivity contribution in [2.75, 3.05) is 33.0 Å². The summed E-state index contributed by atoms with van der Waals surface area (Å²) in [4.78, 5) is 15.0. The normalized spacial score (nSPS) is 18.5. The Kier molecular flexibility index (Phi) is 5.34. The van der Waals surface area contributed by atoms with Gasteiger partial charge in [0.1, 0.15) is 11.8 Å². The molecular weight excluding hydrogens is 426 g/mol. The second kappa shape index (κ2) is 8.46. The van der Waals surface area contributed by atoms with Crippen molar-refractivity contribution in [2.24, 2.45) is 0 Å². The highest BCUT2D eigenvalue weighted by atomic mass is 16.7. The molecule has 5 rings (SSSR count). The highest BCUT2D eigenvalue weighted by Gasteiger charge is 2.51. The van der Waals surface area contributed by atoms with Crippen molar-refractivity contribution < 1.29 is 33.2 Å². The van der Waals surface area contributed by atoms with Gasteiger partial charge in [-0.05, 0) is 29.8 Å². The van der Waals surface area contributed by atoms with Crippen LogP contribution in [0.3, 0.4) is 0 Å². The highest BCUT2D eigenvalue weighted by molar-refractivity contribution is 6.05. The number of fused-ring (bicyclic) bond motifs is 1. The Morgan fingerprint density at radius 2 is 1.55 bits per heavy atom. The Bertz CT molecular complexity index is 1160. The summed E-state index contributed by atoms with van der Waals surface area (Å²) in [7, 11) is 4.61. The molecule has 0 bridgehead atoms. The molecule has 8 heteroatoms. The van der Waals surface area contributed by atoms with Crippen molar-refractivity contribution in [2.45, 2.75) is 12.1 Å². The number of hydrogen-bond donors (Lipinski definition) is 0. The molecule has 3 aromatic rings. The Labute approximate surface area is 191 Å². The van der Waals surface area contributed by atoms with E-state index in [2.05, 4.69) is 0 Å². The van der Waals surface area contributed by atoms with Crippen LogP contribution >= 0.6 is 0 Å². The molecule has 0 unspecified atom stereocenters. The third kappa shape index (κ3) is 3.53. The first-order valence-electron chi connectivity index (χ1n) is 10.4. The maximum atomic E-state index is 13.4. The van der Waals surface area contributed by atoms with Gasteiger partial charge in [0.15, 0.2) is 23.0 Å². The molecule has 2 aliphatic rings. The molecule has 170 valence electrons. The Balaban J connectivity index is 1.57. The second-order valence-corrected chi connectivity index (χ2v) is 7.50. The van der Waals surface area contributed by atoms with Crippen molar-refractivity contribution in [3.63, 3.8) is 0 Å². The first-order valence-corrected chi connectivity index (χ1v) is 10.4. The molecule has 0 saturated carbocycles. The standard InChI is InChI=1S/C25H23NO7/c1-28-20-12-16(13-21(29-2)23(20)30-3)26-22(15-9-10-18-19(11-15)32-14-31-18)24(25(26)27)33-17-7-5-4-6-8-17/h4-13,22,24H,14H2,1-3H3/t22-,24+/m1/s1. The summed E-state index contributed by atoms with van der Waals surface area (Å²) in [6.07, 6.45) is -0.716. The third-order valence-corrected chi connectivity index (χ3v) is 5.72. The summed E-state index contributed by atoms with van der Waals surface area (Å²) in [5, 5.41) is 0. The zero-order valence-electron chi connectivity index (χ0n) is 18.4. The van der Waals surface area contributed by atoms with Gasteiger partial charge in [-0.1, -0.05) is 24.3 Å². The van der Waals surface area contributed by atoms with Gasteiger partial charge in [-0.15, -0.1) is 0 Å². The maximum Gasteiger partial charge on any atom is 0.271 e. The predicted molar refractivity (Wildman–Crippen MR) is 120 cm³/mol. The number of ether oxygens (including phenoxy) is 6. The first-order chi connectivity index (χ1) is 16.1. The molecule has 2 aliphatic heterocycles. The lowest BCUT2D eigenvalue weighted by Gasteiger charge is -2.46. The molecule has 2 atom stereocenters. The van der Waals surface area contributed by atoms with Gasteiger partial charge in [-0.3, -0.25) is 9.69 Å². The number of benzene rings is 3. The van der Waals surface area contributed by atoms with Crippen LogP contribution in [0.4, 0.5) is 5.69 Å². The van der Waals surface area contributed by atoms with Crippen LogP contribution in [0.2, 0.25) is 0 Å². The molecule has 3 aromatic carbocycles. The second-order valence-electron chi connectivity index (χ2n) is 7.50. The minimum absolute atomic E-state index is 0.170. The number of hydrogen-bond acceptors (Lipinski definition) is 7. The summed E-state index contributed by atoms with van der Waals surface area (Å²) < 4.78 is 33.5. The quantitative estimate of drug-likeness (QED) is 0.505. The van der Waals surface area contributed by atoms with Crippen LogP contribution < -0.4 is 33.3 Å². The zero-order valence-corrected chi connectivity index (χ0v) is 18.4. The van der Waals surface area contributed by atoms with Crippen LogP contribution in [0, 0.1) is 0 Å². The molecule has 1 saturated heterocycles. The number of para-hydroxylation sites is 1. The lowest BCUT2D eigenvalue weighted by atomic mass is 9.89. The van der Waals surface area contributed by atoms with Gasteiger partial charge < -0.3 is 28.4 Å². The molecule has 0 radical (unpaired) electrons. The fraction of sp³-hybridized carbons (Fsp3) is 0.240. The zero-order chi connectivity index (χ0) is 22.9. The van der Waals surface area contributed by atoms with Crippen LogP contribution in [0.25, 0.3) is 0 Å². The number of carbonyl (C=O) groups excluding carboxylic acids is 1. The predicted octanol–water partition coefficient (Wildman–Crippen LogP) is 3.98. The van der Waals surface area contributed by atoms with Gasteiger partial charge in [-0.25, -0.2) is 0 Å². The van der Waals surface area contributed by atoms with Crippen molar-refractivity contribution in [3.8, 4) is 34.5 Å². The van der Waals surface area contributed by atoms with E-state index >= 15 is 0 Å². The van der Waals surface area contributed by atoms with Gasteiger partial charge in [0.05, 0.1) is 27.0 Å². The molecule has 8 nitrogen and oxygen atoms in total. The van der Waals surface area contributed by atoms with E-state index < -0.39 is 12.1 Å². The van der Waals surface area contributed by atoms with Crippen LogP contribution in [-0.4, -0.2) is 40.1 Å². The van der Waals surface area contributed by atoms with Crippen LogP contribution in [-0.2, 0) is 4.79 Å². The fourth-order valence-corrected chi connectivity index (χ4v) is 4.14. The Morgan fingerprint density at radius 3 is 2.21 bits per heavy atom. The third-order valence-electron chi connectivity index (χ3n) is 5.72. The van der Waals surface area contributed by atoms with E-state index in [0.717, 1.165) is 5.56 Å². The van der Waals surface area contributed by atoms with Crippen molar-refractivity contribution in [1.82, 2.24) is 0 Å². The summed E-state index contributed by atoms with van der Waals surface area (Å²) in [5.74, 6) is 3.10. The van der Waals surface area contributed by atoms with Crippen molar-refractivity contribution >= 4 is 11.6 Å². The van der Waals surface area contributed by atoms with Crippen molar-refractivity contribution in [3.05, 3.63) is 66.2 Å². The lowest BCUT2D eigenvalue weighted by Crippen LogP contribution is -2.61. The summed E-state index contributed by atoms with van der Waals surface area (Å²) >= 11 is 0. The van der Waals surface area contributed by atoms with E-state index in [1.165, 1.54) is 21.3 Å². The van der Waals surface area contributed by atoms with Crippen LogP contribution in [0.5, 0.6) is 34.5 Å². The SMILES string of the molecule is COc1cc(N2C(=O)[C@@H](Oc3ccccc3)[C@H]2c2ccc3c(c2)OCO3)cc(OC)c1OC. The molecule has 1 amide bonds. The minimum Gasteiger partial charge on any atom is -0.493 e. The van der Waals surface area contributed by atoms with E-state index in [-0.39, 0.29) is 12.7 Å². The van der Waals surface area contributed by atoms with Gasteiger partial charge in [0, 0.05) is 12.1 Å². The first kappa shape index (κ1) is 20.8. The monoisotopic (exact) mass is 449 g/mol. The molecule has 0 aliphatic carbocycles. The smallest absolute Gasteiger partial charge is 0.271 e. The van der Waals surface area contributed by atoms with Gasteiger partial charge in [0.25, 0.3) is 5.91 Å². The molecule has 0 aromatic heterocycles. The molecule has 1 fully saturated rings. The van der Waals surface area contributed by atoms with E-state index in [0.29, 0.717) is 40.2 Å². The molecule has 0 N–H and O–H groups in total. The van der Waals surface area contributed by atoms with E-state index in [1.807, 2.05) is 48.5 Å². The Hall–Kier alpha value is -4.07. The van der Waals surface area contributed by atoms with Crippen LogP contribution in [0.15, 0.2) is 60.7 Å². The van der Waals surface area contributed by atoms with Gasteiger partial charge in [-0.2, -0.15) is 0 Å². The van der Waals surface area contributed by atoms with E-state index in [9.17, 15) is 4.79 Å². The topological polar surface area (TPSA) is 75.7 Å². The molecular formula is C25H23NO7. The number of β-lactam (4-membered cyclic amide) rings is 1. The number of amides is 1. The number of carbonyl (C=O) groups is 1. The van der Waals surface area contributed by atoms with Gasteiger partial charge >= 0.3 is 0 Å². The minimum atomic E-state index is -0.716. The van der Waals surface area contributed by atoms with Crippen LogP contribution in [0.1, 0.15) is 11.6 Å². The van der Waals surface area contributed by atoms with Crippen molar-refractivity contribution in [1.29, 1.82) is 0 Å². The molecule has 33 heavy (non-hydrogen) atoms. The summed E-state index contributed by atoms with van der Waals surface area (Å²) in [6.45, 7) is 0.170. The number of rotatable bonds is 7.